The maximum absolute atomic E-state index is 3.43. The van der Waals surface area contributed by atoms with Gasteiger partial charge in [0.25, 0.3) is 0 Å². The maximum atomic E-state index is 3.43. The Morgan fingerprint density at radius 3 is 1.72 bits per heavy atom. The van der Waals surface area contributed by atoms with Gasteiger partial charge in [-0.25, -0.2) is 0 Å². The third-order valence-corrected chi connectivity index (χ3v) is 11.4. The third-order valence-electron chi connectivity index (χ3n) is 10.5. The van der Waals surface area contributed by atoms with Gasteiger partial charge in [-0.2, -0.15) is 0 Å². The van der Waals surface area contributed by atoms with Crippen molar-refractivity contribution in [2.24, 2.45) is 52.3 Å². The van der Waals surface area contributed by atoms with Crippen LogP contribution in [0.4, 0.5) is 0 Å². The van der Waals surface area contributed by atoms with Gasteiger partial charge in [0.05, 0.1) is 0 Å². The Balaban J connectivity index is 1.42. The largest absolute Gasteiger partial charge is 0.134 e. The van der Waals surface area contributed by atoms with E-state index < -0.39 is 0 Å². The standard InChI is InChI=1S/C24H39P/c1-2-3-21(25)24-13-18-7-19(14-24)9-20(8-18)22(24)23-10-15-4-16(11-23)6-17(5-15)12-23/h15-22H,2-14,25H2,1H3. The third kappa shape index (κ3) is 2.22. The molecule has 25 heavy (non-hydrogen) atoms. The average Bonchev–Trinajstić information content (AvgIpc) is 2.52. The summed E-state index contributed by atoms with van der Waals surface area (Å²) in [7, 11) is 3.43. The van der Waals surface area contributed by atoms with E-state index in [0.717, 1.165) is 57.9 Å². The molecule has 0 aromatic heterocycles. The number of hydrogen-bond donors (Lipinski definition) is 0. The molecule has 5 atom stereocenters. The molecule has 0 aliphatic heterocycles. The zero-order valence-corrected chi connectivity index (χ0v) is 17.5. The Labute approximate surface area is 157 Å². The van der Waals surface area contributed by atoms with Gasteiger partial charge in [0.2, 0.25) is 0 Å². The molecule has 0 nitrogen and oxygen atoms in total. The lowest BCUT2D eigenvalue weighted by atomic mass is 9.34. The summed E-state index contributed by atoms with van der Waals surface area (Å²) in [4.78, 5) is 0. The van der Waals surface area contributed by atoms with E-state index in [1.807, 2.05) is 0 Å². The monoisotopic (exact) mass is 358 g/mol. The van der Waals surface area contributed by atoms with Crippen LogP contribution in [0, 0.1) is 52.3 Å². The first kappa shape index (κ1) is 16.4. The van der Waals surface area contributed by atoms with E-state index in [0.29, 0.717) is 0 Å². The first-order valence-corrected chi connectivity index (χ1v) is 12.5. The van der Waals surface area contributed by atoms with E-state index in [-0.39, 0.29) is 0 Å². The lowest BCUT2D eigenvalue weighted by molar-refractivity contribution is -0.207. The van der Waals surface area contributed by atoms with E-state index in [4.69, 9.17) is 0 Å². The predicted octanol–water partition coefficient (Wildman–Crippen LogP) is 6.69. The van der Waals surface area contributed by atoms with Gasteiger partial charge in [0.1, 0.15) is 0 Å². The topological polar surface area (TPSA) is 0 Å². The van der Waals surface area contributed by atoms with Gasteiger partial charge >= 0.3 is 0 Å². The highest BCUT2D eigenvalue weighted by Gasteiger charge is 2.66. The molecule has 5 unspecified atom stereocenters. The van der Waals surface area contributed by atoms with Crippen molar-refractivity contribution in [2.75, 3.05) is 0 Å². The lowest BCUT2D eigenvalue weighted by Crippen LogP contribution is -2.64. The number of rotatable bonds is 4. The second-order valence-corrected chi connectivity index (χ2v) is 12.8. The molecule has 8 rings (SSSR count). The summed E-state index contributed by atoms with van der Waals surface area (Å²) in [6, 6.07) is 0. The molecule has 0 aromatic rings. The van der Waals surface area contributed by atoms with Crippen LogP contribution in [-0.4, -0.2) is 5.66 Å². The van der Waals surface area contributed by atoms with Crippen LogP contribution in [0.1, 0.15) is 90.4 Å². The quantitative estimate of drug-likeness (QED) is 0.491. The lowest BCUT2D eigenvalue weighted by Gasteiger charge is -2.71. The van der Waals surface area contributed by atoms with Crippen LogP contribution in [0.2, 0.25) is 0 Å². The Morgan fingerprint density at radius 2 is 1.24 bits per heavy atom. The van der Waals surface area contributed by atoms with Crippen LogP contribution in [0.25, 0.3) is 0 Å². The summed E-state index contributed by atoms with van der Waals surface area (Å²) in [5.41, 5.74) is 2.46. The van der Waals surface area contributed by atoms with Crippen molar-refractivity contribution in [1.82, 2.24) is 0 Å². The van der Waals surface area contributed by atoms with Gasteiger partial charge in [-0.05, 0) is 135 Å². The van der Waals surface area contributed by atoms with Gasteiger partial charge in [0, 0.05) is 0 Å². The Hall–Kier alpha value is 0.430. The van der Waals surface area contributed by atoms with Gasteiger partial charge in [-0.1, -0.05) is 13.3 Å². The molecule has 0 N–H and O–H groups in total. The van der Waals surface area contributed by atoms with E-state index in [9.17, 15) is 0 Å². The van der Waals surface area contributed by atoms with Crippen LogP contribution >= 0.6 is 9.24 Å². The van der Waals surface area contributed by atoms with Crippen LogP contribution in [0.3, 0.4) is 0 Å². The van der Waals surface area contributed by atoms with E-state index in [2.05, 4.69) is 16.2 Å². The Bertz CT molecular complexity index is 501. The van der Waals surface area contributed by atoms with Crippen molar-refractivity contribution in [3.63, 3.8) is 0 Å². The molecule has 0 spiro atoms. The summed E-state index contributed by atoms with van der Waals surface area (Å²) in [6.45, 7) is 2.43. The molecule has 8 saturated carbocycles. The molecule has 8 bridgehead atoms. The number of hydrogen-bond acceptors (Lipinski definition) is 0. The molecule has 0 heterocycles. The van der Waals surface area contributed by atoms with Gasteiger partial charge in [-0.3, -0.25) is 0 Å². The summed E-state index contributed by atoms with van der Waals surface area (Å²) < 4.78 is 0. The normalized spacial score (nSPS) is 59.5. The maximum Gasteiger partial charge on any atom is -0.0193 e. The minimum atomic E-state index is 0.737. The van der Waals surface area contributed by atoms with Crippen molar-refractivity contribution in [2.45, 2.75) is 96.1 Å². The van der Waals surface area contributed by atoms with Crippen LogP contribution in [-0.2, 0) is 0 Å². The fourth-order valence-electron chi connectivity index (χ4n) is 10.9. The fraction of sp³-hybridized carbons (Fsp3) is 1.00. The first-order chi connectivity index (χ1) is 12.1. The molecule has 0 saturated heterocycles. The van der Waals surface area contributed by atoms with Gasteiger partial charge in [-0.15, -0.1) is 9.24 Å². The van der Waals surface area contributed by atoms with Crippen LogP contribution in [0.5, 0.6) is 0 Å². The van der Waals surface area contributed by atoms with E-state index >= 15 is 0 Å². The van der Waals surface area contributed by atoms with Crippen LogP contribution in [0.15, 0.2) is 0 Å². The molecule has 0 amide bonds. The molecule has 8 fully saturated rings. The summed E-state index contributed by atoms with van der Waals surface area (Å²) in [5.74, 6) is 7.88. The minimum absolute atomic E-state index is 0.737. The molecule has 1 heteroatoms. The highest BCUT2D eigenvalue weighted by molar-refractivity contribution is 7.17. The Morgan fingerprint density at radius 1 is 0.760 bits per heavy atom. The van der Waals surface area contributed by atoms with Crippen molar-refractivity contribution in [1.29, 1.82) is 0 Å². The van der Waals surface area contributed by atoms with E-state index in [1.165, 1.54) is 12.8 Å². The highest BCUT2D eigenvalue weighted by atomic mass is 31.0. The predicted molar refractivity (Wildman–Crippen MR) is 108 cm³/mol. The molecule has 8 aliphatic carbocycles. The average molecular weight is 359 g/mol. The van der Waals surface area contributed by atoms with E-state index in [1.54, 1.807) is 70.6 Å². The highest BCUT2D eigenvalue weighted by Crippen LogP contribution is 2.75. The van der Waals surface area contributed by atoms with Gasteiger partial charge in [0.15, 0.2) is 0 Å². The molecular weight excluding hydrogens is 319 g/mol. The SMILES string of the molecule is CCCC(P)C12CC3CC(CC(C3)C1C13CC4CC(CC(C4)C1)C3)C2. The summed E-state index contributed by atoms with van der Waals surface area (Å²) in [6.07, 6.45) is 20.8. The summed E-state index contributed by atoms with van der Waals surface area (Å²) >= 11 is 0. The van der Waals surface area contributed by atoms with Gasteiger partial charge < -0.3 is 0 Å². The Kier molecular flexibility index (Phi) is 3.60. The van der Waals surface area contributed by atoms with Crippen molar-refractivity contribution < 1.29 is 0 Å². The second-order valence-electron chi connectivity index (χ2n) is 12.0. The van der Waals surface area contributed by atoms with Crippen LogP contribution < -0.4 is 0 Å². The van der Waals surface area contributed by atoms with Crippen molar-refractivity contribution in [3.05, 3.63) is 0 Å². The molecule has 0 aromatic carbocycles. The zero-order valence-electron chi connectivity index (χ0n) is 16.4. The first-order valence-electron chi connectivity index (χ1n) is 11.9. The molecule has 8 aliphatic rings. The zero-order chi connectivity index (χ0) is 16.8. The molecule has 0 radical (unpaired) electrons. The summed E-state index contributed by atoms with van der Waals surface area (Å²) in [5, 5.41) is 0. The smallest absolute Gasteiger partial charge is 0.0193 e. The molecular formula is C24H39P. The van der Waals surface area contributed by atoms with Crippen molar-refractivity contribution in [3.8, 4) is 0 Å². The fourth-order valence-corrected chi connectivity index (χ4v) is 11.7. The second kappa shape index (κ2) is 5.49. The van der Waals surface area contributed by atoms with Crippen molar-refractivity contribution >= 4 is 9.24 Å². The molecule has 140 valence electrons. The minimum Gasteiger partial charge on any atom is -0.134 e.